The first-order chi connectivity index (χ1) is 14.1. The number of hydrogen-bond donors (Lipinski definition) is 2. The summed E-state index contributed by atoms with van der Waals surface area (Å²) in [7, 11) is 3.09. The van der Waals surface area contributed by atoms with E-state index in [4.69, 9.17) is 19.9 Å². The summed E-state index contributed by atoms with van der Waals surface area (Å²) in [6, 6.07) is 14.6. The number of carbonyl (C=O) groups excluding carboxylic acids is 1. The van der Waals surface area contributed by atoms with Gasteiger partial charge in [0.15, 0.2) is 12.4 Å². The van der Waals surface area contributed by atoms with Gasteiger partial charge in [0.05, 0.1) is 20.6 Å². The number of nitrogens with two attached hydrogens (primary N) is 1. The molecule has 9 heteroatoms. The Morgan fingerprint density at radius 3 is 2.55 bits per heavy atom. The van der Waals surface area contributed by atoms with Crippen molar-refractivity contribution in [1.82, 2.24) is 15.0 Å². The zero-order chi connectivity index (χ0) is 20.6. The minimum Gasteiger partial charge on any atom is -0.497 e. The van der Waals surface area contributed by atoms with Crippen molar-refractivity contribution in [2.75, 3.05) is 25.3 Å². The second-order valence-electron chi connectivity index (χ2n) is 5.94. The third kappa shape index (κ3) is 5.55. The number of nitrogens with one attached hydrogen (secondary N) is 1. The van der Waals surface area contributed by atoms with Gasteiger partial charge < -0.3 is 25.3 Å². The molecule has 0 amide bonds. The Morgan fingerprint density at radius 2 is 1.83 bits per heavy atom. The van der Waals surface area contributed by atoms with E-state index in [9.17, 15) is 4.79 Å². The van der Waals surface area contributed by atoms with Crippen LogP contribution in [0.3, 0.4) is 0 Å². The van der Waals surface area contributed by atoms with Gasteiger partial charge >= 0.3 is 5.97 Å². The molecule has 1 heterocycles. The molecule has 0 saturated carbocycles. The molecule has 0 atom stereocenters. The number of ether oxygens (including phenoxy) is 3. The van der Waals surface area contributed by atoms with Gasteiger partial charge in [-0.25, -0.2) is 0 Å². The molecule has 150 valence electrons. The quantitative estimate of drug-likeness (QED) is 0.554. The van der Waals surface area contributed by atoms with E-state index < -0.39 is 5.97 Å². The van der Waals surface area contributed by atoms with E-state index in [0.29, 0.717) is 17.1 Å². The topological polar surface area (TPSA) is 121 Å². The molecule has 29 heavy (non-hydrogen) atoms. The average Bonchev–Trinajstić information content (AvgIpc) is 2.73. The van der Waals surface area contributed by atoms with Gasteiger partial charge in [-0.2, -0.15) is 15.0 Å². The molecule has 0 radical (unpaired) electrons. The molecule has 3 aromatic rings. The highest BCUT2D eigenvalue weighted by molar-refractivity contribution is 5.73. The Kier molecular flexibility index (Phi) is 6.41. The number of benzene rings is 2. The van der Waals surface area contributed by atoms with Crippen LogP contribution in [0.4, 0.5) is 17.6 Å². The molecular weight excluding hydrogens is 374 g/mol. The second kappa shape index (κ2) is 9.36. The molecule has 0 saturated heterocycles. The number of anilines is 3. The molecule has 0 fully saturated rings. The molecule has 0 bridgehead atoms. The molecule has 1 aromatic heterocycles. The summed E-state index contributed by atoms with van der Waals surface area (Å²) in [5, 5.41) is 3.03. The molecular formula is C20H21N5O4. The maximum atomic E-state index is 12.2. The first kappa shape index (κ1) is 19.9. The fourth-order valence-electron chi connectivity index (χ4n) is 2.56. The van der Waals surface area contributed by atoms with Crippen LogP contribution in [0, 0.1) is 0 Å². The lowest BCUT2D eigenvalue weighted by Crippen LogP contribution is -2.12. The van der Waals surface area contributed by atoms with Gasteiger partial charge in [0.25, 0.3) is 0 Å². The number of nitrogens with zero attached hydrogens (tertiary/aromatic N) is 3. The molecule has 0 spiro atoms. The molecule has 0 aliphatic carbocycles. The molecule has 2 aromatic carbocycles. The SMILES string of the molecule is COc1ccc(CC(=O)OCc2nc(N)nc(Nc3ccccc3)n2)c(OC)c1. The van der Waals surface area contributed by atoms with Crippen molar-refractivity contribution >= 4 is 23.6 Å². The number of hydrogen-bond acceptors (Lipinski definition) is 9. The lowest BCUT2D eigenvalue weighted by Gasteiger charge is -2.11. The average molecular weight is 395 g/mol. The normalized spacial score (nSPS) is 10.3. The number of esters is 1. The second-order valence-corrected chi connectivity index (χ2v) is 5.94. The lowest BCUT2D eigenvalue weighted by molar-refractivity contribution is -0.144. The van der Waals surface area contributed by atoms with Crippen molar-refractivity contribution in [1.29, 1.82) is 0 Å². The molecule has 3 N–H and O–H groups in total. The molecule has 0 aliphatic rings. The maximum absolute atomic E-state index is 12.2. The van der Waals surface area contributed by atoms with E-state index in [1.54, 1.807) is 25.3 Å². The number of rotatable bonds is 8. The van der Waals surface area contributed by atoms with Gasteiger partial charge in [-0.3, -0.25) is 4.79 Å². The van der Waals surface area contributed by atoms with Crippen LogP contribution in [0.1, 0.15) is 11.4 Å². The fourth-order valence-corrected chi connectivity index (χ4v) is 2.56. The van der Waals surface area contributed by atoms with Crippen molar-refractivity contribution in [3.63, 3.8) is 0 Å². The maximum Gasteiger partial charge on any atom is 0.310 e. The van der Waals surface area contributed by atoms with Crippen molar-refractivity contribution in [3.05, 3.63) is 59.9 Å². The largest absolute Gasteiger partial charge is 0.497 e. The number of nitrogen functional groups attached to an aromatic ring is 1. The summed E-state index contributed by atoms with van der Waals surface area (Å²) in [5.74, 6) is 1.27. The molecule has 3 rings (SSSR count). The van der Waals surface area contributed by atoms with Gasteiger partial charge in [-0.05, 0) is 18.2 Å². The lowest BCUT2D eigenvalue weighted by atomic mass is 10.1. The number of para-hydroxylation sites is 1. The third-order valence-electron chi connectivity index (χ3n) is 3.92. The molecule has 0 aliphatic heterocycles. The van der Waals surface area contributed by atoms with Crippen molar-refractivity contribution in [2.45, 2.75) is 13.0 Å². The Labute approximate surface area is 167 Å². The van der Waals surface area contributed by atoms with E-state index in [1.165, 1.54) is 7.11 Å². The highest BCUT2D eigenvalue weighted by Crippen LogP contribution is 2.25. The smallest absolute Gasteiger partial charge is 0.310 e. The minimum atomic E-state index is -0.454. The van der Waals surface area contributed by atoms with E-state index in [0.717, 1.165) is 5.69 Å². The summed E-state index contributed by atoms with van der Waals surface area (Å²) in [6.45, 7) is -0.131. The number of carbonyl (C=O) groups is 1. The number of methoxy groups -OCH3 is 2. The van der Waals surface area contributed by atoms with Crippen LogP contribution in [0.5, 0.6) is 11.5 Å². The van der Waals surface area contributed by atoms with Gasteiger partial charge in [0.1, 0.15) is 11.5 Å². The van der Waals surface area contributed by atoms with Crippen LogP contribution in [0.2, 0.25) is 0 Å². The highest BCUT2D eigenvalue weighted by atomic mass is 16.5. The van der Waals surface area contributed by atoms with E-state index in [1.807, 2.05) is 30.3 Å². The van der Waals surface area contributed by atoms with Crippen molar-refractivity contribution in [2.24, 2.45) is 0 Å². The van der Waals surface area contributed by atoms with Crippen LogP contribution >= 0.6 is 0 Å². The Bertz CT molecular complexity index is 982. The van der Waals surface area contributed by atoms with E-state index in [-0.39, 0.29) is 30.7 Å². The summed E-state index contributed by atoms with van der Waals surface area (Å²) < 4.78 is 15.7. The van der Waals surface area contributed by atoms with Crippen molar-refractivity contribution < 1.29 is 19.0 Å². The zero-order valence-electron chi connectivity index (χ0n) is 16.1. The van der Waals surface area contributed by atoms with E-state index in [2.05, 4.69) is 20.3 Å². The first-order valence-electron chi connectivity index (χ1n) is 8.76. The zero-order valence-corrected chi connectivity index (χ0v) is 16.1. The fraction of sp³-hybridized carbons (Fsp3) is 0.200. The standard InChI is InChI=1S/C20H21N5O4/c1-27-15-9-8-13(16(11-15)28-2)10-18(26)29-12-17-23-19(21)25-20(24-17)22-14-6-4-3-5-7-14/h3-9,11H,10,12H2,1-2H3,(H3,21,22,23,24,25). The van der Waals surface area contributed by atoms with E-state index >= 15 is 0 Å². The van der Waals surface area contributed by atoms with Crippen LogP contribution < -0.4 is 20.5 Å². The van der Waals surface area contributed by atoms with Crippen LogP contribution in [0.15, 0.2) is 48.5 Å². The van der Waals surface area contributed by atoms with Gasteiger partial charge in [-0.15, -0.1) is 0 Å². The van der Waals surface area contributed by atoms with Crippen LogP contribution in [-0.4, -0.2) is 35.1 Å². The predicted molar refractivity (Wildman–Crippen MR) is 107 cm³/mol. The predicted octanol–water partition coefficient (Wildman–Crippen LogP) is 2.50. The van der Waals surface area contributed by atoms with Crippen molar-refractivity contribution in [3.8, 4) is 11.5 Å². The summed E-state index contributed by atoms with van der Waals surface area (Å²) in [6.07, 6.45) is 0.0306. The summed E-state index contributed by atoms with van der Waals surface area (Å²) >= 11 is 0. The summed E-state index contributed by atoms with van der Waals surface area (Å²) in [4.78, 5) is 24.5. The Hall–Kier alpha value is -3.88. The van der Waals surface area contributed by atoms with Gasteiger partial charge in [-0.1, -0.05) is 24.3 Å². The van der Waals surface area contributed by atoms with Crippen LogP contribution in [-0.2, 0) is 22.6 Å². The van der Waals surface area contributed by atoms with Gasteiger partial charge in [0, 0.05) is 17.3 Å². The summed E-state index contributed by atoms with van der Waals surface area (Å²) in [5.41, 5.74) is 7.22. The molecule has 0 unspecified atom stereocenters. The van der Waals surface area contributed by atoms with Gasteiger partial charge in [0.2, 0.25) is 11.9 Å². The van der Waals surface area contributed by atoms with Crippen LogP contribution in [0.25, 0.3) is 0 Å². The third-order valence-corrected chi connectivity index (χ3v) is 3.92. The highest BCUT2D eigenvalue weighted by Gasteiger charge is 2.13. The molecule has 9 nitrogen and oxygen atoms in total. The first-order valence-corrected chi connectivity index (χ1v) is 8.76. The Balaban J connectivity index is 1.63. The monoisotopic (exact) mass is 395 g/mol. The minimum absolute atomic E-state index is 0.0290. The Morgan fingerprint density at radius 1 is 1.03 bits per heavy atom. The number of aromatic nitrogens is 3.